The van der Waals surface area contributed by atoms with Crippen LogP contribution in [-0.4, -0.2) is 12.1 Å². The molecule has 0 bridgehead atoms. The molecule has 4 rings (SSSR count). The van der Waals surface area contributed by atoms with Crippen LogP contribution in [0.3, 0.4) is 0 Å². The number of carbonyl (C=O) groups is 1. The fraction of sp³-hybridized carbons (Fsp3) is 0.0769. The second-order valence-electron chi connectivity index (χ2n) is 7.23. The molecular weight excluding hydrogens is 487 g/mol. The monoisotopic (exact) mass is 506 g/mol. The van der Waals surface area contributed by atoms with Gasteiger partial charge in [0, 0.05) is 15.4 Å². The third-order valence-corrected chi connectivity index (χ3v) is 5.36. The molecule has 0 fully saturated rings. The lowest BCUT2D eigenvalue weighted by atomic mass is 10.1. The van der Waals surface area contributed by atoms with E-state index in [-0.39, 0.29) is 18.2 Å². The van der Waals surface area contributed by atoms with Crippen molar-refractivity contribution in [3.63, 3.8) is 0 Å². The number of nitrogens with one attached hydrogen (secondary N) is 1. The van der Waals surface area contributed by atoms with Gasteiger partial charge in [-0.05, 0) is 66.1 Å². The summed E-state index contributed by atoms with van der Waals surface area (Å²) in [6.07, 6.45) is 3.85. The van der Waals surface area contributed by atoms with Gasteiger partial charge in [0.15, 0.2) is 5.76 Å². The molecule has 1 amide bonds. The fourth-order valence-electron chi connectivity index (χ4n) is 3.25. The lowest BCUT2D eigenvalue weighted by Crippen LogP contribution is -2.16. The van der Waals surface area contributed by atoms with Gasteiger partial charge in [-0.3, -0.25) is 4.79 Å². The van der Waals surface area contributed by atoms with Crippen LogP contribution in [0.15, 0.2) is 93.4 Å². The predicted octanol–water partition coefficient (Wildman–Crippen LogP) is 6.41. The SMILES string of the molecule is C=CCc1cc(/C=N/NC(=O)c2cc3cc(Br)ccc3o2)ccc1OCc1ccccc1F. The van der Waals surface area contributed by atoms with E-state index in [4.69, 9.17) is 9.15 Å². The van der Waals surface area contributed by atoms with E-state index in [1.165, 1.54) is 12.3 Å². The van der Waals surface area contributed by atoms with Crippen molar-refractivity contribution in [1.29, 1.82) is 0 Å². The minimum atomic E-state index is -0.449. The van der Waals surface area contributed by atoms with Crippen LogP contribution in [0.4, 0.5) is 4.39 Å². The number of fused-ring (bicyclic) bond motifs is 1. The van der Waals surface area contributed by atoms with Gasteiger partial charge in [0.2, 0.25) is 0 Å². The van der Waals surface area contributed by atoms with Crippen molar-refractivity contribution in [2.24, 2.45) is 5.10 Å². The minimum Gasteiger partial charge on any atom is -0.489 e. The second-order valence-corrected chi connectivity index (χ2v) is 8.15. The van der Waals surface area contributed by atoms with Crippen molar-refractivity contribution in [3.05, 3.63) is 112 Å². The summed E-state index contributed by atoms with van der Waals surface area (Å²) in [7, 11) is 0. The average Bonchev–Trinajstić information content (AvgIpc) is 3.23. The molecule has 0 radical (unpaired) electrons. The first-order valence-electron chi connectivity index (χ1n) is 10.2. The third kappa shape index (κ3) is 5.56. The average molecular weight is 507 g/mol. The first-order valence-corrected chi connectivity index (χ1v) is 11.0. The number of furan rings is 1. The van der Waals surface area contributed by atoms with Crippen LogP contribution in [0.1, 0.15) is 27.2 Å². The largest absolute Gasteiger partial charge is 0.489 e. The highest BCUT2D eigenvalue weighted by Gasteiger charge is 2.12. The Bertz CT molecular complexity index is 1350. The van der Waals surface area contributed by atoms with Crippen molar-refractivity contribution in [3.8, 4) is 5.75 Å². The van der Waals surface area contributed by atoms with Gasteiger partial charge in [-0.15, -0.1) is 6.58 Å². The van der Waals surface area contributed by atoms with Crippen LogP contribution in [0.25, 0.3) is 11.0 Å². The maximum Gasteiger partial charge on any atom is 0.307 e. The van der Waals surface area contributed by atoms with Crippen molar-refractivity contribution in [2.45, 2.75) is 13.0 Å². The van der Waals surface area contributed by atoms with E-state index in [9.17, 15) is 9.18 Å². The Labute approximate surface area is 198 Å². The lowest BCUT2D eigenvalue weighted by molar-refractivity contribution is 0.0929. The number of benzene rings is 3. The third-order valence-electron chi connectivity index (χ3n) is 4.87. The second kappa shape index (κ2) is 10.3. The van der Waals surface area contributed by atoms with Crippen LogP contribution in [0, 0.1) is 5.82 Å². The number of hydrogen-bond donors (Lipinski definition) is 1. The molecule has 0 aliphatic rings. The predicted molar refractivity (Wildman–Crippen MR) is 130 cm³/mol. The summed E-state index contributed by atoms with van der Waals surface area (Å²) in [5.41, 5.74) is 5.21. The van der Waals surface area contributed by atoms with E-state index in [0.29, 0.717) is 23.3 Å². The summed E-state index contributed by atoms with van der Waals surface area (Å²) in [5, 5.41) is 4.85. The highest BCUT2D eigenvalue weighted by molar-refractivity contribution is 9.10. The number of nitrogens with zero attached hydrogens (tertiary/aromatic N) is 1. The molecule has 0 saturated carbocycles. The van der Waals surface area contributed by atoms with Gasteiger partial charge >= 0.3 is 5.91 Å². The summed E-state index contributed by atoms with van der Waals surface area (Å²) in [5.74, 6) is 0.0475. The van der Waals surface area contributed by atoms with Crippen LogP contribution in [-0.2, 0) is 13.0 Å². The molecule has 1 N–H and O–H groups in total. The number of rotatable bonds is 8. The summed E-state index contributed by atoms with van der Waals surface area (Å²) < 4.78 is 26.2. The van der Waals surface area contributed by atoms with Gasteiger partial charge in [0.25, 0.3) is 0 Å². The number of allylic oxidation sites excluding steroid dienone is 1. The van der Waals surface area contributed by atoms with Gasteiger partial charge in [0.1, 0.15) is 23.8 Å². The summed E-state index contributed by atoms with van der Waals surface area (Å²) in [6, 6.07) is 19.1. The van der Waals surface area contributed by atoms with Crippen LogP contribution in [0.5, 0.6) is 5.75 Å². The number of ether oxygens (including phenoxy) is 1. The van der Waals surface area contributed by atoms with E-state index in [1.807, 2.05) is 18.2 Å². The smallest absolute Gasteiger partial charge is 0.307 e. The van der Waals surface area contributed by atoms with Crippen LogP contribution < -0.4 is 10.2 Å². The van der Waals surface area contributed by atoms with Crippen molar-refractivity contribution in [2.75, 3.05) is 0 Å². The number of hydrazone groups is 1. The first kappa shape index (κ1) is 22.5. The molecular formula is C26H20BrFN2O3. The molecule has 5 nitrogen and oxygen atoms in total. The Hall–Kier alpha value is -3.71. The van der Waals surface area contributed by atoms with Gasteiger partial charge in [-0.25, -0.2) is 9.82 Å². The molecule has 0 aliphatic heterocycles. The van der Waals surface area contributed by atoms with Gasteiger partial charge in [-0.1, -0.05) is 40.2 Å². The molecule has 0 saturated heterocycles. The normalized spacial score (nSPS) is 11.1. The molecule has 33 heavy (non-hydrogen) atoms. The molecule has 0 spiro atoms. The molecule has 0 aliphatic carbocycles. The number of carbonyl (C=O) groups excluding carboxylic acids is 1. The maximum absolute atomic E-state index is 13.9. The van der Waals surface area contributed by atoms with Gasteiger partial charge < -0.3 is 9.15 Å². The molecule has 166 valence electrons. The zero-order valence-corrected chi connectivity index (χ0v) is 19.1. The number of hydrogen-bond acceptors (Lipinski definition) is 4. The number of amides is 1. The van der Waals surface area contributed by atoms with Crippen molar-refractivity contribution >= 4 is 39.0 Å². The first-order chi connectivity index (χ1) is 16.0. The van der Waals surface area contributed by atoms with E-state index in [0.717, 1.165) is 21.0 Å². The van der Waals surface area contributed by atoms with Crippen LogP contribution >= 0.6 is 15.9 Å². The Morgan fingerprint density at radius 3 is 2.79 bits per heavy atom. The Morgan fingerprint density at radius 2 is 1.97 bits per heavy atom. The number of halogens is 2. The molecule has 0 unspecified atom stereocenters. The Kier molecular flexibility index (Phi) is 7.00. The highest BCUT2D eigenvalue weighted by atomic mass is 79.9. The van der Waals surface area contributed by atoms with E-state index >= 15 is 0 Å². The van der Waals surface area contributed by atoms with E-state index in [2.05, 4.69) is 33.0 Å². The quantitative estimate of drug-likeness (QED) is 0.170. The molecule has 1 heterocycles. The van der Waals surface area contributed by atoms with Crippen molar-refractivity contribution < 1.29 is 18.3 Å². The van der Waals surface area contributed by atoms with Crippen LogP contribution in [0.2, 0.25) is 0 Å². The van der Waals surface area contributed by atoms with Gasteiger partial charge in [0.05, 0.1) is 6.21 Å². The molecule has 1 aromatic heterocycles. The highest BCUT2D eigenvalue weighted by Crippen LogP contribution is 2.24. The Balaban J connectivity index is 1.43. The summed E-state index contributed by atoms with van der Waals surface area (Å²) in [6.45, 7) is 3.90. The summed E-state index contributed by atoms with van der Waals surface area (Å²) in [4.78, 5) is 12.4. The summed E-state index contributed by atoms with van der Waals surface area (Å²) >= 11 is 3.40. The molecule has 3 aromatic carbocycles. The standard InChI is InChI=1S/C26H20BrFN2O3/c1-2-5-18-12-17(8-10-23(18)32-16-19-6-3-4-7-22(19)28)15-29-30-26(31)25-14-20-13-21(27)9-11-24(20)33-25/h2-4,6-15H,1,5,16H2,(H,30,31)/b29-15+. The fourth-order valence-corrected chi connectivity index (χ4v) is 3.63. The lowest BCUT2D eigenvalue weighted by Gasteiger charge is -2.12. The van der Waals surface area contributed by atoms with Crippen molar-refractivity contribution in [1.82, 2.24) is 5.43 Å². The maximum atomic E-state index is 13.9. The zero-order valence-electron chi connectivity index (χ0n) is 17.6. The minimum absolute atomic E-state index is 0.119. The molecule has 4 aromatic rings. The van der Waals surface area contributed by atoms with Gasteiger partial charge in [-0.2, -0.15) is 5.10 Å². The van der Waals surface area contributed by atoms with E-state index < -0.39 is 5.91 Å². The zero-order chi connectivity index (χ0) is 23.2. The molecule has 7 heteroatoms. The topological polar surface area (TPSA) is 63.8 Å². The van der Waals surface area contributed by atoms with E-state index in [1.54, 1.807) is 48.5 Å². The molecule has 0 atom stereocenters. The Morgan fingerprint density at radius 1 is 1.12 bits per heavy atom.